The third-order valence-electron chi connectivity index (χ3n) is 6.41. The molecule has 2 aliphatic heterocycles. The first-order chi connectivity index (χ1) is 14.7. The van der Waals surface area contributed by atoms with Crippen molar-refractivity contribution in [2.75, 3.05) is 36.4 Å². The zero-order valence-electron chi connectivity index (χ0n) is 18.1. The summed E-state index contributed by atoms with van der Waals surface area (Å²) in [6.45, 7) is 6.53. The predicted octanol–water partition coefficient (Wildman–Crippen LogP) is 2.75. The Labute approximate surface area is 180 Å². The van der Waals surface area contributed by atoms with Crippen LogP contribution in [0.2, 0.25) is 6.82 Å². The molecule has 2 aliphatic rings. The van der Waals surface area contributed by atoms with Gasteiger partial charge >= 0.3 is 6.92 Å². The highest BCUT2D eigenvalue weighted by Gasteiger charge is 2.24. The van der Waals surface area contributed by atoms with E-state index in [0.29, 0.717) is 6.04 Å². The number of nitrogens with zero attached hydrogens (tertiary/aromatic N) is 4. The van der Waals surface area contributed by atoms with Crippen LogP contribution >= 0.6 is 0 Å². The van der Waals surface area contributed by atoms with E-state index in [1.165, 1.54) is 44.1 Å². The largest absolute Gasteiger partial charge is 0.447 e. The number of likely N-dealkylation sites (tertiary alicyclic amines) is 1. The summed E-state index contributed by atoms with van der Waals surface area (Å²) in [6.07, 6.45) is 9.46. The smallest absolute Gasteiger partial charge is 0.320 e. The molecule has 1 atom stereocenters. The lowest BCUT2D eigenvalue weighted by Crippen LogP contribution is -2.35. The Morgan fingerprint density at radius 3 is 2.53 bits per heavy atom. The molecule has 2 aromatic rings. The summed E-state index contributed by atoms with van der Waals surface area (Å²) in [7, 11) is 0. The Bertz CT molecular complexity index is 792. The maximum atomic E-state index is 9.70. The highest BCUT2D eigenvalue weighted by molar-refractivity contribution is 6.64. The second-order valence-electron chi connectivity index (χ2n) is 8.70. The third kappa shape index (κ3) is 5.52. The van der Waals surface area contributed by atoms with E-state index in [1.807, 2.05) is 24.4 Å². The topological polar surface area (TPSA) is 64.5 Å². The van der Waals surface area contributed by atoms with Crippen molar-refractivity contribution in [3.8, 4) is 0 Å². The molecule has 0 saturated carbocycles. The number of nitrogens with one attached hydrogen (secondary N) is 1. The third-order valence-corrected chi connectivity index (χ3v) is 6.41. The van der Waals surface area contributed by atoms with Crippen molar-refractivity contribution in [3.05, 3.63) is 42.1 Å². The molecule has 1 aromatic heterocycles. The molecule has 6 nitrogen and oxygen atoms in total. The summed E-state index contributed by atoms with van der Waals surface area (Å²) < 4.78 is 0. The molecule has 0 spiro atoms. The Morgan fingerprint density at radius 1 is 1.03 bits per heavy atom. The van der Waals surface area contributed by atoms with Gasteiger partial charge in [-0.3, -0.25) is 4.90 Å². The Kier molecular flexibility index (Phi) is 7.23. The minimum Gasteiger partial charge on any atom is -0.447 e. The van der Waals surface area contributed by atoms with Crippen molar-refractivity contribution in [2.45, 2.75) is 57.9 Å². The molecule has 3 heterocycles. The average molecular weight is 407 g/mol. The molecule has 2 saturated heterocycles. The zero-order valence-corrected chi connectivity index (χ0v) is 18.1. The lowest BCUT2D eigenvalue weighted by atomic mass is 9.64. The predicted molar refractivity (Wildman–Crippen MR) is 125 cm³/mol. The van der Waals surface area contributed by atoms with Gasteiger partial charge in [0.15, 0.2) is 0 Å². The molecule has 1 aromatic carbocycles. The van der Waals surface area contributed by atoms with Crippen LogP contribution in [-0.4, -0.2) is 59.0 Å². The molecule has 0 radical (unpaired) electrons. The highest BCUT2D eigenvalue weighted by atomic mass is 16.2. The van der Waals surface area contributed by atoms with E-state index in [9.17, 15) is 5.02 Å². The van der Waals surface area contributed by atoms with E-state index in [1.54, 1.807) is 6.82 Å². The molecule has 2 fully saturated rings. The monoisotopic (exact) mass is 407 g/mol. The van der Waals surface area contributed by atoms with Gasteiger partial charge in [-0.2, -0.15) is 4.98 Å². The first-order valence-corrected chi connectivity index (χ1v) is 11.5. The van der Waals surface area contributed by atoms with Crippen molar-refractivity contribution >= 4 is 24.1 Å². The molecule has 7 heteroatoms. The Hall–Kier alpha value is -2.12. The molecule has 4 rings (SSSR count). The molecular weight excluding hydrogens is 373 g/mol. The van der Waals surface area contributed by atoms with Crippen LogP contribution in [0.3, 0.4) is 0 Å². The zero-order chi connectivity index (χ0) is 20.8. The van der Waals surface area contributed by atoms with Crippen LogP contribution in [0.1, 0.15) is 44.1 Å². The van der Waals surface area contributed by atoms with Crippen LogP contribution in [-0.2, 0) is 6.54 Å². The van der Waals surface area contributed by atoms with Gasteiger partial charge in [-0.05, 0) is 49.3 Å². The molecule has 160 valence electrons. The van der Waals surface area contributed by atoms with E-state index in [2.05, 4.69) is 32.2 Å². The van der Waals surface area contributed by atoms with Crippen molar-refractivity contribution < 1.29 is 5.02 Å². The lowest BCUT2D eigenvalue weighted by Gasteiger charge is -2.25. The van der Waals surface area contributed by atoms with E-state index < -0.39 is 6.92 Å². The summed E-state index contributed by atoms with van der Waals surface area (Å²) in [4.78, 5) is 14.2. The van der Waals surface area contributed by atoms with Gasteiger partial charge in [-0.1, -0.05) is 43.9 Å². The molecule has 1 unspecified atom stereocenters. The summed E-state index contributed by atoms with van der Waals surface area (Å²) in [5, 5.41) is 13.2. The van der Waals surface area contributed by atoms with Crippen LogP contribution < -0.4 is 15.7 Å². The number of rotatable bonds is 7. The average Bonchev–Trinajstić information content (AvgIpc) is 3.02. The fourth-order valence-corrected chi connectivity index (χ4v) is 4.59. The van der Waals surface area contributed by atoms with Crippen LogP contribution in [0.5, 0.6) is 0 Å². The molecule has 0 aliphatic carbocycles. The second-order valence-corrected chi connectivity index (χ2v) is 8.70. The fraction of sp³-hybridized carbons (Fsp3) is 0.565. The van der Waals surface area contributed by atoms with Crippen molar-refractivity contribution in [1.82, 2.24) is 14.9 Å². The van der Waals surface area contributed by atoms with E-state index in [4.69, 9.17) is 4.98 Å². The normalized spacial score (nSPS) is 20.2. The van der Waals surface area contributed by atoms with Crippen molar-refractivity contribution in [3.63, 3.8) is 0 Å². The van der Waals surface area contributed by atoms with Gasteiger partial charge in [0.05, 0.1) is 0 Å². The van der Waals surface area contributed by atoms with Crippen molar-refractivity contribution in [1.29, 1.82) is 0 Å². The van der Waals surface area contributed by atoms with Crippen LogP contribution in [0.15, 0.2) is 36.5 Å². The van der Waals surface area contributed by atoms with E-state index in [-0.39, 0.29) is 0 Å². The standard InChI is InChI=1S/C23H34BN5O/c1-24(30)20-10-8-19(9-11-20)18-29-16-6-7-21(29)17-26-23-25-13-12-22(27-23)28-14-4-2-3-5-15-28/h8-13,21,30H,2-7,14-18H2,1H3,(H,25,26,27). The highest BCUT2D eigenvalue weighted by Crippen LogP contribution is 2.21. The summed E-state index contributed by atoms with van der Waals surface area (Å²) >= 11 is 0. The van der Waals surface area contributed by atoms with Crippen molar-refractivity contribution in [2.24, 2.45) is 0 Å². The number of anilines is 2. The maximum Gasteiger partial charge on any atom is 0.320 e. The quantitative estimate of drug-likeness (QED) is 0.689. The van der Waals surface area contributed by atoms with Gasteiger partial charge in [0, 0.05) is 38.4 Å². The van der Waals surface area contributed by atoms with Gasteiger partial charge in [-0.25, -0.2) is 4.98 Å². The van der Waals surface area contributed by atoms with Crippen LogP contribution in [0.25, 0.3) is 0 Å². The molecule has 0 amide bonds. The molecule has 30 heavy (non-hydrogen) atoms. The number of aromatic nitrogens is 2. The number of hydrogen-bond acceptors (Lipinski definition) is 6. The van der Waals surface area contributed by atoms with Gasteiger partial charge in [0.1, 0.15) is 5.82 Å². The summed E-state index contributed by atoms with van der Waals surface area (Å²) in [5.74, 6) is 1.79. The summed E-state index contributed by atoms with van der Waals surface area (Å²) in [6, 6.07) is 10.9. The minimum atomic E-state index is -0.409. The maximum absolute atomic E-state index is 9.70. The Balaban J connectivity index is 1.33. The van der Waals surface area contributed by atoms with Gasteiger partial charge in [0.2, 0.25) is 5.95 Å². The van der Waals surface area contributed by atoms with Gasteiger partial charge < -0.3 is 15.2 Å². The first-order valence-electron chi connectivity index (χ1n) is 11.5. The minimum absolute atomic E-state index is 0.409. The summed E-state index contributed by atoms with van der Waals surface area (Å²) in [5.41, 5.74) is 2.27. The number of hydrogen-bond donors (Lipinski definition) is 2. The number of benzene rings is 1. The fourth-order valence-electron chi connectivity index (χ4n) is 4.59. The molecular formula is C23H34BN5O. The lowest BCUT2D eigenvalue weighted by molar-refractivity contribution is 0.254. The van der Waals surface area contributed by atoms with Gasteiger partial charge in [0.25, 0.3) is 0 Å². The second kappa shape index (κ2) is 10.3. The van der Waals surface area contributed by atoms with Crippen LogP contribution in [0, 0.1) is 0 Å². The molecule has 2 N–H and O–H groups in total. The SMILES string of the molecule is CB(O)c1ccc(CN2CCCC2CNc2nccc(N3CCCCCC3)n2)cc1. The van der Waals surface area contributed by atoms with Gasteiger partial charge in [-0.15, -0.1) is 0 Å². The Morgan fingerprint density at radius 2 is 1.80 bits per heavy atom. The van der Waals surface area contributed by atoms with E-state index in [0.717, 1.165) is 50.0 Å². The molecule has 0 bridgehead atoms. The van der Waals surface area contributed by atoms with E-state index >= 15 is 0 Å². The van der Waals surface area contributed by atoms with Crippen LogP contribution in [0.4, 0.5) is 11.8 Å². The first kappa shape index (κ1) is 21.1.